The fraction of sp³-hybridized carbons (Fsp3) is 0.250. The van der Waals surface area contributed by atoms with Crippen LogP contribution in [0.4, 0.5) is 0 Å². The molecule has 29 heavy (non-hydrogen) atoms. The summed E-state index contributed by atoms with van der Waals surface area (Å²) >= 11 is 9.40. The highest BCUT2D eigenvalue weighted by atomic mass is 79.9. The maximum Gasteiger partial charge on any atom is 0.246 e. The Morgan fingerprint density at radius 3 is 2.48 bits per heavy atom. The van der Waals surface area contributed by atoms with Gasteiger partial charge in [-0.15, -0.1) is 0 Å². The molecule has 6 nitrogen and oxygen atoms in total. The van der Waals surface area contributed by atoms with Crippen LogP contribution in [0.3, 0.4) is 0 Å². The van der Waals surface area contributed by atoms with Gasteiger partial charge in [0.2, 0.25) is 10.0 Å². The van der Waals surface area contributed by atoms with Gasteiger partial charge in [0.1, 0.15) is 4.90 Å². The third-order valence-corrected chi connectivity index (χ3v) is 7.31. The Bertz CT molecular complexity index is 1150. The lowest BCUT2D eigenvalue weighted by Crippen LogP contribution is -2.27. The molecule has 0 aliphatic rings. The van der Waals surface area contributed by atoms with E-state index in [4.69, 9.17) is 16.3 Å². The molecule has 0 bridgehead atoms. The van der Waals surface area contributed by atoms with Crippen molar-refractivity contribution in [2.24, 2.45) is 0 Å². The van der Waals surface area contributed by atoms with Crippen molar-refractivity contribution in [2.45, 2.75) is 25.3 Å². The van der Waals surface area contributed by atoms with Gasteiger partial charge in [0.05, 0.1) is 23.0 Å². The minimum atomic E-state index is -3.86. The Kier molecular flexibility index (Phi) is 6.38. The second kappa shape index (κ2) is 8.47. The third-order valence-electron chi connectivity index (χ3n) is 4.69. The summed E-state index contributed by atoms with van der Waals surface area (Å²) in [5.74, 6) is 0.217. The number of aromatic nitrogens is 2. The second-order valence-corrected chi connectivity index (χ2v) is 9.88. The SMILES string of the molecule is COc1c(Br)cc(Cl)cc1S(=O)(=O)N(C)Cc1c(C)nn(-c2ccccc2)c1C. The van der Waals surface area contributed by atoms with Gasteiger partial charge in [-0.3, -0.25) is 0 Å². The van der Waals surface area contributed by atoms with E-state index in [1.165, 1.54) is 24.5 Å². The summed E-state index contributed by atoms with van der Waals surface area (Å²) in [5.41, 5.74) is 3.42. The molecule has 0 saturated heterocycles. The topological polar surface area (TPSA) is 64.4 Å². The molecule has 3 rings (SSSR count). The summed E-state index contributed by atoms with van der Waals surface area (Å²) in [6, 6.07) is 12.7. The number of halogens is 2. The number of para-hydroxylation sites is 1. The lowest BCUT2D eigenvalue weighted by molar-refractivity contribution is 0.395. The zero-order valence-electron chi connectivity index (χ0n) is 16.5. The molecule has 0 aliphatic heterocycles. The summed E-state index contributed by atoms with van der Waals surface area (Å²) < 4.78 is 35.4. The Morgan fingerprint density at radius 2 is 1.86 bits per heavy atom. The first-order chi connectivity index (χ1) is 13.7. The van der Waals surface area contributed by atoms with Crippen LogP contribution in [-0.2, 0) is 16.6 Å². The van der Waals surface area contributed by atoms with E-state index in [0.717, 1.165) is 22.6 Å². The van der Waals surface area contributed by atoms with Crippen molar-refractivity contribution in [1.82, 2.24) is 14.1 Å². The predicted molar refractivity (Wildman–Crippen MR) is 117 cm³/mol. The van der Waals surface area contributed by atoms with E-state index in [1.54, 1.807) is 6.07 Å². The largest absolute Gasteiger partial charge is 0.494 e. The van der Waals surface area contributed by atoms with E-state index >= 15 is 0 Å². The van der Waals surface area contributed by atoms with Crippen molar-refractivity contribution in [3.05, 3.63) is 68.9 Å². The van der Waals surface area contributed by atoms with Crippen LogP contribution in [0.5, 0.6) is 5.75 Å². The summed E-state index contributed by atoms with van der Waals surface area (Å²) in [6.07, 6.45) is 0. The Balaban J connectivity index is 1.99. The fourth-order valence-electron chi connectivity index (χ4n) is 3.13. The fourth-order valence-corrected chi connectivity index (χ4v) is 5.63. The molecule has 1 aromatic heterocycles. The molecule has 1 heterocycles. The number of ether oxygens (including phenoxy) is 1. The van der Waals surface area contributed by atoms with Gasteiger partial charge in [-0.1, -0.05) is 29.8 Å². The lowest BCUT2D eigenvalue weighted by Gasteiger charge is -2.20. The van der Waals surface area contributed by atoms with Gasteiger partial charge in [0.25, 0.3) is 0 Å². The monoisotopic (exact) mass is 497 g/mol. The average molecular weight is 499 g/mol. The lowest BCUT2D eigenvalue weighted by atomic mass is 10.2. The van der Waals surface area contributed by atoms with E-state index in [0.29, 0.717) is 9.50 Å². The van der Waals surface area contributed by atoms with Crippen LogP contribution in [0.15, 0.2) is 51.8 Å². The molecule has 0 amide bonds. The first-order valence-corrected chi connectivity index (χ1v) is 11.4. The van der Waals surface area contributed by atoms with Crippen molar-refractivity contribution in [2.75, 3.05) is 14.2 Å². The molecule has 2 aromatic carbocycles. The van der Waals surface area contributed by atoms with E-state index in [2.05, 4.69) is 21.0 Å². The van der Waals surface area contributed by atoms with Gasteiger partial charge < -0.3 is 4.74 Å². The normalized spacial score (nSPS) is 11.8. The molecule has 9 heteroatoms. The Hall–Kier alpha value is -1.87. The van der Waals surface area contributed by atoms with Crippen LogP contribution in [0.25, 0.3) is 5.69 Å². The van der Waals surface area contributed by atoms with E-state index in [-0.39, 0.29) is 17.2 Å². The van der Waals surface area contributed by atoms with E-state index in [9.17, 15) is 8.42 Å². The summed E-state index contributed by atoms with van der Waals surface area (Å²) in [7, 11) is -0.905. The van der Waals surface area contributed by atoms with Crippen LogP contribution in [0, 0.1) is 13.8 Å². The third kappa shape index (κ3) is 4.21. The summed E-state index contributed by atoms with van der Waals surface area (Å²) in [6.45, 7) is 3.97. The highest BCUT2D eigenvalue weighted by Crippen LogP contribution is 2.37. The molecule has 0 atom stereocenters. The van der Waals surface area contributed by atoms with Gasteiger partial charge in [-0.2, -0.15) is 9.40 Å². The number of aryl methyl sites for hydroxylation is 1. The molecule has 0 spiro atoms. The molecule has 0 radical (unpaired) electrons. The number of sulfonamides is 1. The molecule has 154 valence electrons. The van der Waals surface area contributed by atoms with Crippen molar-refractivity contribution in [3.63, 3.8) is 0 Å². The number of hydrogen-bond acceptors (Lipinski definition) is 4. The van der Waals surface area contributed by atoms with Gasteiger partial charge in [0, 0.05) is 29.9 Å². The number of hydrogen-bond donors (Lipinski definition) is 0. The van der Waals surface area contributed by atoms with Crippen LogP contribution < -0.4 is 4.74 Å². The smallest absolute Gasteiger partial charge is 0.246 e. The average Bonchev–Trinajstić information content (AvgIpc) is 2.96. The highest BCUT2D eigenvalue weighted by Gasteiger charge is 2.28. The van der Waals surface area contributed by atoms with Gasteiger partial charge in [0.15, 0.2) is 5.75 Å². The van der Waals surface area contributed by atoms with Gasteiger partial charge in [-0.05, 0) is 54.0 Å². The molecule has 0 aliphatic carbocycles. The zero-order valence-corrected chi connectivity index (χ0v) is 19.6. The van der Waals surface area contributed by atoms with E-state index < -0.39 is 10.0 Å². The molecule has 0 saturated carbocycles. The standard InChI is InChI=1S/C20H21BrClN3O3S/c1-13-17(14(2)25(23-13)16-8-6-5-7-9-16)12-24(3)29(26,27)19-11-15(22)10-18(21)20(19)28-4/h5-11H,12H2,1-4H3. The Labute approximate surface area is 184 Å². The van der Waals surface area contributed by atoms with Gasteiger partial charge >= 0.3 is 0 Å². The highest BCUT2D eigenvalue weighted by molar-refractivity contribution is 9.10. The molecule has 0 fully saturated rings. The van der Waals surface area contributed by atoms with Crippen molar-refractivity contribution < 1.29 is 13.2 Å². The number of nitrogens with zero attached hydrogens (tertiary/aromatic N) is 3. The van der Waals surface area contributed by atoms with Crippen LogP contribution in [0.1, 0.15) is 17.0 Å². The van der Waals surface area contributed by atoms with Crippen molar-refractivity contribution in [1.29, 1.82) is 0 Å². The molecular weight excluding hydrogens is 478 g/mol. The Morgan fingerprint density at radius 1 is 1.21 bits per heavy atom. The van der Waals surface area contributed by atoms with Gasteiger partial charge in [-0.25, -0.2) is 13.1 Å². The number of rotatable bonds is 6. The minimum Gasteiger partial charge on any atom is -0.494 e. The van der Waals surface area contributed by atoms with Crippen LogP contribution >= 0.6 is 27.5 Å². The summed E-state index contributed by atoms with van der Waals surface area (Å²) in [4.78, 5) is 0.00707. The number of benzene rings is 2. The first-order valence-electron chi connectivity index (χ1n) is 8.76. The molecule has 0 N–H and O–H groups in total. The first kappa shape index (κ1) is 21.8. The van der Waals surface area contributed by atoms with E-state index in [1.807, 2.05) is 48.9 Å². The van der Waals surface area contributed by atoms with Crippen molar-refractivity contribution in [3.8, 4) is 11.4 Å². The summed E-state index contributed by atoms with van der Waals surface area (Å²) in [5, 5.41) is 4.89. The van der Waals surface area contributed by atoms with Crippen LogP contribution in [-0.4, -0.2) is 36.7 Å². The predicted octanol–water partition coefficient (Wildman–Crippen LogP) is 4.73. The molecular formula is C20H21BrClN3O3S. The van der Waals surface area contributed by atoms with Crippen LogP contribution in [0.2, 0.25) is 5.02 Å². The minimum absolute atomic E-state index is 0.00707. The van der Waals surface area contributed by atoms with Crippen molar-refractivity contribution >= 4 is 37.6 Å². The number of methoxy groups -OCH3 is 1. The maximum absolute atomic E-state index is 13.3. The molecule has 0 unspecified atom stereocenters. The molecule has 3 aromatic rings. The maximum atomic E-state index is 13.3. The zero-order chi connectivity index (χ0) is 21.3. The second-order valence-electron chi connectivity index (χ2n) is 6.58. The quantitative estimate of drug-likeness (QED) is 0.493.